The van der Waals surface area contributed by atoms with E-state index in [0.29, 0.717) is 0 Å². The van der Waals surface area contributed by atoms with Crippen LogP contribution in [0.4, 0.5) is 5.82 Å². The topological polar surface area (TPSA) is 37.8 Å². The number of hydrogen-bond acceptors (Lipinski definition) is 4. The van der Waals surface area contributed by atoms with Crippen LogP contribution in [-0.2, 0) is 6.42 Å². The molecule has 1 aromatic carbocycles. The normalized spacial score (nSPS) is 10.5. The number of nitrogens with one attached hydrogen (secondary N) is 1. The molecule has 0 fully saturated rings. The molecule has 0 atom stereocenters. The van der Waals surface area contributed by atoms with Crippen molar-refractivity contribution in [2.75, 3.05) is 12.4 Å². The molecule has 0 aliphatic rings. The highest BCUT2D eigenvalue weighted by molar-refractivity contribution is 7.99. The van der Waals surface area contributed by atoms with Gasteiger partial charge in [0.1, 0.15) is 17.2 Å². The van der Waals surface area contributed by atoms with Gasteiger partial charge in [-0.15, -0.1) is 0 Å². The summed E-state index contributed by atoms with van der Waals surface area (Å²) >= 11 is 1.72. The summed E-state index contributed by atoms with van der Waals surface area (Å²) in [6.45, 7) is 6.38. The van der Waals surface area contributed by atoms with Crippen molar-refractivity contribution in [3.63, 3.8) is 0 Å². The van der Waals surface area contributed by atoms with Crippen LogP contribution >= 0.6 is 11.8 Å². The predicted molar refractivity (Wildman–Crippen MR) is 81.0 cm³/mol. The Morgan fingerprint density at radius 3 is 2.68 bits per heavy atom. The van der Waals surface area contributed by atoms with Crippen LogP contribution in [0, 0.1) is 13.8 Å². The van der Waals surface area contributed by atoms with Crippen molar-refractivity contribution in [3.8, 4) is 0 Å². The van der Waals surface area contributed by atoms with Crippen molar-refractivity contribution in [1.29, 1.82) is 0 Å². The SMILES string of the molecule is CCc1c(NC)ncnc1Sc1cc(C)ccc1C. The Bertz CT molecular complexity index is 582. The van der Waals surface area contributed by atoms with Gasteiger partial charge in [-0.25, -0.2) is 9.97 Å². The van der Waals surface area contributed by atoms with Gasteiger partial charge in [0.25, 0.3) is 0 Å². The molecule has 0 unspecified atom stereocenters. The molecular formula is C15H19N3S. The van der Waals surface area contributed by atoms with Crippen LogP contribution in [0.1, 0.15) is 23.6 Å². The zero-order valence-electron chi connectivity index (χ0n) is 11.8. The number of benzene rings is 1. The van der Waals surface area contributed by atoms with Crippen molar-refractivity contribution in [3.05, 3.63) is 41.2 Å². The summed E-state index contributed by atoms with van der Waals surface area (Å²) in [5, 5.41) is 4.17. The summed E-state index contributed by atoms with van der Waals surface area (Å²) < 4.78 is 0. The summed E-state index contributed by atoms with van der Waals surface area (Å²) in [7, 11) is 1.90. The van der Waals surface area contributed by atoms with E-state index in [4.69, 9.17) is 0 Å². The summed E-state index contributed by atoms with van der Waals surface area (Å²) in [6, 6.07) is 6.50. The maximum absolute atomic E-state index is 4.44. The highest BCUT2D eigenvalue weighted by Crippen LogP contribution is 2.33. The summed E-state index contributed by atoms with van der Waals surface area (Å²) in [5.41, 5.74) is 3.73. The summed E-state index contributed by atoms with van der Waals surface area (Å²) in [4.78, 5) is 9.97. The molecule has 0 spiro atoms. The third-order valence-electron chi connectivity index (χ3n) is 3.05. The van der Waals surface area contributed by atoms with Crippen LogP contribution in [0.25, 0.3) is 0 Å². The summed E-state index contributed by atoms with van der Waals surface area (Å²) in [6.07, 6.45) is 2.54. The second-order valence-corrected chi connectivity index (χ2v) is 5.51. The van der Waals surface area contributed by atoms with Gasteiger partial charge >= 0.3 is 0 Å². The minimum absolute atomic E-state index is 0.921. The lowest BCUT2D eigenvalue weighted by atomic mass is 10.2. The van der Waals surface area contributed by atoms with E-state index in [2.05, 4.69) is 54.3 Å². The van der Waals surface area contributed by atoms with E-state index in [1.807, 2.05) is 7.05 Å². The first kappa shape index (κ1) is 13.9. The standard InChI is InChI=1S/C15H19N3S/c1-5-12-14(16-4)17-9-18-15(12)19-13-8-10(2)6-7-11(13)3/h6-9H,5H2,1-4H3,(H,16,17,18). The molecule has 0 aliphatic carbocycles. The minimum Gasteiger partial charge on any atom is -0.373 e. The average molecular weight is 273 g/mol. The third kappa shape index (κ3) is 3.07. The van der Waals surface area contributed by atoms with Crippen LogP contribution in [0.2, 0.25) is 0 Å². The van der Waals surface area contributed by atoms with Crippen LogP contribution in [-0.4, -0.2) is 17.0 Å². The van der Waals surface area contributed by atoms with Gasteiger partial charge in [0.15, 0.2) is 0 Å². The molecule has 0 aliphatic heterocycles. The van der Waals surface area contributed by atoms with Crippen LogP contribution in [0.5, 0.6) is 0 Å². The van der Waals surface area contributed by atoms with Gasteiger partial charge in [-0.1, -0.05) is 30.8 Å². The Balaban J connectivity index is 2.40. The number of hydrogen-bond donors (Lipinski definition) is 1. The van der Waals surface area contributed by atoms with Gasteiger partial charge in [-0.05, 0) is 37.5 Å². The lowest BCUT2D eigenvalue weighted by Gasteiger charge is -2.12. The molecule has 1 heterocycles. The summed E-state index contributed by atoms with van der Waals surface area (Å²) in [5.74, 6) is 0.922. The van der Waals surface area contributed by atoms with E-state index in [0.717, 1.165) is 17.3 Å². The molecule has 4 heteroatoms. The molecule has 3 nitrogen and oxygen atoms in total. The molecule has 0 bridgehead atoms. The van der Waals surface area contributed by atoms with Crippen molar-refractivity contribution in [2.24, 2.45) is 0 Å². The second-order valence-electron chi connectivity index (χ2n) is 4.48. The molecule has 0 saturated heterocycles. The number of anilines is 1. The molecule has 1 aromatic heterocycles. The Labute approximate surface area is 118 Å². The lowest BCUT2D eigenvalue weighted by molar-refractivity contribution is 0.946. The quantitative estimate of drug-likeness (QED) is 0.859. The number of aromatic nitrogens is 2. The van der Waals surface area contributed by atoms with Gasteiger partial charge in [-0.3, -0.25) is 0 Å². The molecule has 0 saturated carbocycles. The van der Waals surface area contributed by atoms with Crippen LogP contribution in [0.15, 0.2) is 34.4 Å². The first-order valence-corrected chi connectivity index (χ1v) is 7.24. The Morgan fingerprint density at radius 1 is 1.21 bits per heavy atom. The Morgan fingerprint density at radius 2 is 2.00 bits per heavy atom. The average Bonchev–Trinajstić information content (AvgIpc) is 2.42. The number of nitrogens with zero attached hydrogens (tertiary/aromatic N) is 2. The fourth-order valence-corrected chi connectivity index (χ4v) is 3.09. The van der Waals surface area contributed by atoms with Gasteiger partial charge in [0.05, 0.1) is 0 Å². The van der Waals surface area contributed by atoms with Crippen molar-refractivity contribution in [2.45, 2.75) is 37.1 Å². The van der Waals surface area contributed by atoms with Crippen molar-refractivity contribution in [1.82, 2.24) is 9.97 Å². The molecule has 2 aromatic rings. The number of aryl methyl sites for hydroxylation is 2. The second kappa shape index (κ2) is 6.06. The molecule has 0 radical (unpaired) electrons. The Kier molecular flexibility index (Phi) is 4.43. The largest absolute Gasteiger partial charge is 0.373 e. The molecule has 1 N–H and O–H groups in total. The monoisotopic (exact) mass is 273 g/mol. The van der Waals surface area contributed by atoms with E-state index in [1.165, 1.54) is 21.6 Å². The van der Waals surface area contributed by atoms with E-state index >= 15 is 0 Å². The molecule has 100 valence electrons. The van der Waals surface area contributed by atoms with E-state index in [-0.39, 0.29) is 0 Å². The molecular weight excluding hydrogens is 254 g/mol. The van der Waals surface area contributed by atoms with E-state index in [1.54, 1.807) is 18.1 Å². The molecule has 2 rings (SSSR count). The first-order chi connectivity index (χ1) is 9.15. The predicted octanol–water partition coefficient (Wildman–Crippen LogP) is 3.85. The van der Waals surface area contributed by atoms with Gasteiger partial charge in [0.2, 0.25) is 0 Å². The fraction of sp³-hybridized carbons (Fsp3) is 0.333. The molecule has 19 heavy (non-hydrogen) atoms. The van der Waals surface area contributed by atoms with E-state index < -0.39 is 0 Å². The lowest BCUT2D eigenvalue weighted by Crippen LogP contribution is -2.01. The zero-order valence-corrected chi connectivity index (χ0v) is 12.6. The maximum Gasteiger partial charge on any atom is 0.133 e. The number of rotatable bonds is 4. The first-order valence-electron chi connectivity index (χ1n) is 6.42. The van der Waals surface area contributed by atoms with Crippen molar-refractivity contribution < 1.29 is 0 Å². The Hall–Kier alpha value is -1.55. The smallest absolute Gasteiger partial charge is 0.133 e. The van der Waals surface area contributed by atoms with Gasteiger partial charge in [0, 0.05) is 17.5 Å². The maximum atomic E-state index is 4.44. The van der Waals surface area contributed by atoms with Crippen LogP contribution in [0.3, 0.4) is 0 Å². The van der Waals surface area contributed by atoms with Gasteiger partial charge < -0.3 is 5.32 Å². The molecule has 0 amide bonds. The highest BCUT2D eigenvalue weighted by atomic mass is 32.2. The zero-order chi connectivity index (χ0) is 13.8. The van der Waals surface area contributed by atoms with Gasteiger partial charge in [-0.2, -0.15) is 0 Å². The van der Waals surface area contributed by atoms with Crippen molar-refractivity contribution >= 4 is 17.6 Å². The highest BCUT2D eigenvalue weighted by Gasteiger charge is 2.11. The minimum atomic E-state index is 0.921. The van der Waals surface area contributed by atoms with Crippen LogP contribution < -0.4 is 5.32 Å². The fourth-order valence-electron chi connectivity index (χ4n) is 1.94. The third-order valence-corrected chi connectivity index (χ3v) is 4.25. The van der Waals surface area contributed by atoms with E-state index in [9.17, 15) is 0 Å².